The van der Waals surface area contributed by atoms with E-state index in [9.17, 15) is 9.90 Å². The summed E-state index contributed by atoms with van der Waals surface area (Å²) in [5.41, 5.74) is 7.58. The Morgan fingerprint density at radius 3 is 2.55 bits per heavy atom. The minimum absolute atomic E-state index is 0.222. The Balaban J connectivity index is 1.55. The molecular weight excluding hydrogens is 394 g/mol. The maximum absolute atomic E-state index is 11.9. The van der Waals surface area contributed by atoms with Gasteiger partial charge < -0.3 is 25.8 Å². The van der Waals surface area contributed by atoms with E-state index in [1.807, 2.05) is 54.6 Å². The van der Waals surface area contributed by atoms with Gasteiger partial charge in [-0.25, -0.2) is 9.97 Å². The number of nitrogens with two attached hydrogens (primary N) is 1. The van der Waals surface area contributed by atoms with E-state index in [1.165, 1.54) is 17.3 Å². The van der Waals surface area contributed by atoms with E-state index in [2.05, 4.69) is 21.9 Å². The lowest BCUT2D eigenvalue weighted by molar-refractivity contribution is -0.125. The molecule has 1 aliphatic heterocycles. The Labute approximate surface area is 180 Å². The molecule has 0 bridgehead atoms. The number of nitrogens with zero attached hydrogens (tertiary/aromatic N) is 3. The second kappa shape index (κ2) is 8.85. The number of benzene rings is 2. The molecule has 4 rings (SSSR count). The van der Waals surface area contributed by atoms with Crippen molar-refractivity contribution in [3.8, 4) is 22.6 Å². The second-order valence-corrected chi connectivity index (χ2v) is 7.19. The Hall–Kier alpha value is -3.91. The predicted octanol–water partition coefficient (Wildman–Crippen LogP) is 2.69. The van der Waals surface area contributed by atoms with Crippen molar-refractivity contribution in [1.29, 1.82) is 0 Å². The normalized spacial score (nSPS) is 17.9. The van der Waals surface area contributed by atoms with Crippen LogP contribution in [-0.4, -0.2) is 51.1 Å². The molecule has 1 amide bonds. The minimum atomic E-state index is -0.741. The van der Waals surface area contributed by atoms with Crippen LogP contribution in [0.3, 0.4) is 0 Å². The number of amides is 1. The number of nitrogen functional groups attached to an aromatic ring is 1. The first-order valence-corrected chi connectivity index (χ1v) is 9.85. The fraction of sp³-hybridized carbons (Fsp3) is 0.174. The number of para-hydroxylation sites is 1. The quantitative estimate of drug-likeness (QED) is 0.529. The van der Waals surface area contributed by atoms with Gasteiger partial charge in [-0.2, -0.15) is 0 Å². The van der Waals surface area contributed by atoms with Gasteiger partial charge in [0.1, 0.15) is 29.5 Å². The van der Waals surface area contributed by atoms with Crippen LogP contribution in [0.4, 0.5) is 11.6 Å². The Morgan fingerprint density at radius 1 is 1.13 bits per heavy atom. The molecule has 8 heteroatoms. The number of β-amino-alcohol motifs (C(OH)–C–C–N with tert-alkyl or cyclic N) is 1. The second-order valence-electron chi connectivity index (χ2n) is 7.19. The van der Waals surface area contributed by atoms with Gasteiger partial charge in [0.2, 0.25) is 5.91 Å². The molecule has 1 aromatic heterocycles. The fourth-order valence-corrected chi connectivity index (χ4v) is 3.52. The Morgan fingerprint density at radius 2 is 1.84 bits per heavy atom. The topological polar surface area (TPSA) is 114 Å². The van der Waals surface area contributed by atoms with Crippen molar-refractivity contribution < 1.29 is 14.6 Å². The summed E-state index contributed by atoms with van der Waals surface area (Å²) in [5, 5.41) is 13.6. The number of aliphatic hydroxyl groups is 1. The monoisotopic (exact) mass is 417 g/mol. The molecule has 0 saturated carbocycles. The highest BCUT2D eigenvalue weighted by atomic mass is 16.5. The predicted molar refractivity (Wildman–Crippen MR) is 119 cm³/mol. The first kappa shape index (κ1) is 20.4. The maximum Gasteiger partial charge on any atom is 0.246 e. The third-order valence-electron chi connectivity index (χ3n) is 5.10. The van der Waals surface area contributed by atoms with E-state index in [1.54, 1.807) is 0 Å². The molecule has 0 spiro atoms. The lowest BCUT2D eigenvalue weighted by Gasteiger charge is -2.19. The average Bonchev–Trinajstić information content (AvgIpc) is 3.15. The van der Waals surface area contributed by atoms with Crippen molar-refractivity contribution in [2.45, 2.75) is 12.1 Å². The molecular formula is C23H23N5O3. The van der Waals surface area contributed by atoms with Gasteiger partial charge in [-0.1, -0.05) is 36.9 Å². The molecule has 31 heavy (non-hydrogen) atoms. The summed E-state index contributed by atoms with van der Waals surface area (Å²) in [7, 11) is 0. The summed E-state index contributed by atoms with van der Waals surface area (Å²) >= 11 is 0. The van der Waals surface area contributed by atoms with Crippen LogP contribution >= 0.6 is 0 Å². The summed E-state index contributed by atoms with van der Waals surface area (Å²) < 4.78 is 5.84. The van der Waals surface area contributed by atoms with Crippen LogP contribution in [-0.2, 0) is 4.79 Å². The molecule has 158 valence electrons. The number of hydrogen-bond acceptors (Lipinski definition) is 7. The molecule has 2 heterocycles. The zero-order chi connectivity index (χ0) is 21.8. The van der Waals surface area contributed by atoms with Gasteiger partial charge in [-0.05, 0) is 35.9 Å². The molecule has 0 radical (unpaired) electrons. The summed E-state index contributed by atoms with van der Waals surface area (Å²) in [6.45, 7) is 4.06. The third-order valence-corrected chi connectivity index (χ3v) is 5.10. The van der Waals surface area contributed by atoms with Gasteiger partial charge >= 0.3 is 0 Å². The van der Waals surface area contributed by atoms with E-state index in [-0.39, 0.29) is 12.5 Å². The number of likely N-dealkylation sites (tertiary alicyclic amines) is 1. The number of hydrogen-bond donors (Lipinski definition) is 3. The van der Waals surface area contributed by atoms with Gasteiger partial charge in [-0.3, -0.25) is 4.79 Å². The highest BCUT2D eigenvalue weighted by Crippen LogP contribution is 2.33. The van der Waals surface area contributed by atoms with Gasteiger partial charge in [-0.15, -0.1) is 0 Å². The van der Waals surface area contributed by atoms with Crippen LogP contribution in [0.15, 0.2) is 73.6 Å². The molecule has 4 N–H and O–H groups in total. The smallest absolute Gasteiger partial charge is 0.246 e. The Kier molecular flexibility index (Phi) is 5.81. The molecule has 1 aliphatic rings. The first-order valence-electron chi connectivity index (χ1n) is 9.85. The minimum Gasteiger partial charge on any atom is -0.457 e. The van der Waals surface area contributed by atoms with Crippen LogP contribution in [0, 0.1) is 0 Å². The molecule has 2 atom stereocenters. The molecule has 2 aromatic carbocycles. The van der Waals surface area contributed by atoms with Gasteiger partial charge in [0.15, 0.2) is 0 Å². The van der Waals surface area contributed by atoms with Crippen LogP contribution in [0.5, 0.6) is 11.5 Å². The van der Waals surface area contributed by atoms with Gasteiger partial charge in [0.25, 0.3) is 0 Å². The van der Waals surface area contributed by atoms with Crippen molar-refractivity contribution in [1.82, 2.24) is 14.9 Å². The van der Waals surface area contributed by atoms with Crippen LogP contribution in [0.25, 0.3) is 11.1 Å². The first-order chi connectivity index (χ1) is 15.0. The van der Waals surface area contributed by atoms with Crippen molar-refractivity contribution in [2.75, 3.05) is 24.1 Å². The zero-order valence-electron chi connectivity index (χ0n) is 16.8. The van der Waals surface area contributed by atoms with Crippen molar-refractivity contribution in [2.24, 2.45) is 0 Å². The largest absolute Gasteiger partial charge is 0.457 e. The van der Waals surface area contributed by atoms with Gasteiger partial charge in [0, 0.05) is 13.1 Å². The van der Waals surface area contributed by atoms with E-state index in [4.69, 9.17) is 10.5 Å². The number of nitrogens with one attached hydrogen (secondary N) is 1. The Bertz CT molecular complexity index is 1070. The van der Waals surface area contributed by atoms with Crippen molar-refractivity contribution in [3.63, 3.8) is 0 Å². The van der Waals surface area contributed by atoms with Gasteiger partial charge in [0.05, 0.1) is 17.7 Å². The van der Waals surface area contributed by atoms with E-state index < -0.39 is 12.1 Å². The fourth-order valence-electron chi connectivity index (χ4n) is 3.52. The number of anilines is 2. The number of ether oxygens (including phenoxy) is 1. The van der Waals surface area contributed by atoms with Crippen LogP contribution < -0.4 is 15.8 Å². The highest BCUT2D eigenvalue weighted by Gasteiger charge is 2.34. The lowest BCUT2D eigenvalue weighted by Crippen LogP contribution is -2.33. The lowest BCUT2D eigenvalue weighted by atomic mass is 10.1. The maximum atomic E-state index is 11.9. The molecule has 3 aromatic rings. The average molecular weight is 417 g/mol. The van der Waals surface area contributed by atoms with E-state index in [0.717, 1.165) is 11.3 Å². The zero-order valence-corrected chi connectivity index (χ0v) is 16.8. The van der Waals surface area contributed by atoms with Crippen LogP contribution in [0.1, 0.15) is 0 Å². The van der Waals surface area contributed by atoms with E-state index in [0.29, 0.717) is 29.5 Å². The third kappa shape index (κ3) is 4.49. The molecule has 0 aliphatic carbocycles. The highest BCUT2D eigenvalue weighted by molar-refractivity contribution is 5.87. The molecule has 1 saturated heterocycles. The SMILES string of the molecule is C=CC(=O)N1CC(O)C(Nc2ncnc(N)c2-c2ccc(Oc3ccccc3)cc2)C1. The summed E-state index contributed by atoms with van der Waals surface area (Å²) in [6.07, 6.45) is 1.86. The van der Waals surface area contributed by atoms with E-state index >= 15 is 0 Å². The molecule has 8 nitrogen and oxygen atoms in total. The van der Waals surface area contributed by atoms with Crippen molar-refractivity contribution >= 4 is 17.5 Å². The van der Waals surface area contributed by atoms with Crippen LogP contribution in [0.2, 0.25) is 0 Å². The number of rotatable bonds is 6. The standard InChI is InChI=1S/C23H23N5O3/c1-2-20(30)28-12-18(19(29)13-28)27-23-21(22(24)25-14-26-23)15-8-10-17(11-9-15)31-16-6-4-3-5-7-16/h2-11,14,18-19,29H,1,12-13H2,(H3,24,25,26,27). The summed E-state index contributed by atoms with van der Waals surface area (Å²) in [4.78, 5) is 21.8. The molecule has 1 fully saturated rings. The summed E-state index contributed by atoms with van der Waals surface area (Å²) in [5.74, 6) is 2.00. The molecule has 2 unspecified atom stereocenters. The number of aromatic nitrogens is 2. The summed E-state index contributed by atoms with van der Waals surface area (Å²) in [6, 6.07) is 16.5. The number of aliphatic hydroxyl groups excluding tert-OH is 1. The number of carbonyl (C=O) groups excluding carboxylic acids is 1. The van der Waals surface area contributed by atoms with Crippen molar-refractivity contribution in [3.05, 3.63) is 73.6 Å². The number of carbonyl (C=O) groups is 1.